The maximum absolute atomic E-state index is 12.4. The average molecular weight is 358 g/mol. The Balaban J connectivity index is 1.57. The summed E-state index contributed by atoms with van der Waals surface area (Å²) in [4.78, 5) is 26.4. The summed E-state index contributed by atoms with van der Waals surface area (Å²) in [6, 6.07) is 9.49. The second-order valence-corrected chi connectivity index (χ2v) is 7.31. The van der Waals surface area contributed by atoms with E-state index in [1.165, 1.54) is 15.5 Å². The summed E-state index contributed by atoms with van der Waals surface area (Å²) < 4.78 is 4.40. The molecule has 3 aromatic rings. The third-order valence-electron chi connectivity index (χ3n) is 4.22. The lowest BCUT2D eigenvalue weighted by Crippen LogP contribution is -2.33. The summed E-state index contributed by atoms with van der Waals surface area (Å²) in [5, 5.41) is 5.10. The molecular formula is C18H22N4O2S. The highest BCUT2D eigenvalue weighted by Gasteiger charge is 2.14. The number of aromatic nitrogens is 3. The van der Waals surface area contributed by atoms with Crippen LogP contribution in [0.5, 0.6) is 0 Å². The van der Waals surface area contributed by atoms with Crippen molar-refractivity contribution in [3.05, 3.63) is 52.1 Å². The van der Waals surface area contributed by atoms with Crippen LogP contribution in [-0.4, -0.2) is 38.1 Å². The minimum absolute atomic E-state index is 0.0537. The van der Waals surface area contributed by atoms with E-state index in [4.69, 9.17) is 0 Å². The number of amides is 1. The number of nitrogens with zero attached hydrogens (tertiary/aromatic N) is 4. The Morgan fingerprint density at radius 2 is 2.04 bits per heavy atom. The molecule has 0 spiro atoms. The Labute approximate surface area is 150 Å². The molecule has 0 N–H and O–H groups in total. The number of aryl methyl sites for hydroxylation is 3. The fourth-order valence-corrected chi connectivity index (χ4v) is 3.84. The monoisotopic (exact) mass is 358 g/mol. The third-order valence-corrected chi connectivity index (χ3v) is 5.29. The highest BCUT2D eigenvalue weighted by atomic mass is 32.1. The fraction of sp³-hybridized carbons (Fsp3) is 0.389. The minimum Gasteiger partial charge on any atom is -0.344 e. The SMILES string of the molecule is Cc1cc(C)n(CCCN(C)C(=O)Cn2sc3ccccc3c2=O)n1. The summed E-state index contributed by atoms with van der Waals surface area (Å²) in [7, 11) is 1.78. The lowest BCUT2D eigenvalue weighted by Gasteiger charge is -2.17. The standard InChI is InChI=1S/C18H22N4O2S/c1-13-11-14(2)21(19-13)10-6-9-20(3)17(23)12-22-18(24)15-7-4-5-8-16(15)25-22/h4-5,7-8,11H,6,9-10,12H2,1-3H3. The van der Waals surface area contributed by atoms with Gasteiger partial charge in [0.1, 0.15) is 6.54 Å². The summed E-state index contributed by atoms with van der Waals surface area (Å²) in [6.07, 6.45) is 0.825. The third kappa shape index (κ3) is 3.82. The second kappa shape index (κ2) is 7.23. The van der Waals surface area contributed by atoms with E-state index in [2.05, 4.69) is 5.10 Å². The molecule has 0 radical (unpaired) electrons. The predicted molar refractivity (Wildman–Crippen MR) is 100 cm³/mol. The van der Waals surface area contributed by atoms with Gasteiger partial charge in [-0.2, -0.15) is 5.10 Å². The van der Waals surface area contributed by atoms with Crippen LogP contribution in [-0.2, 0) is 17.9 Å². The highest BCUT2D eigenvalue weighted by Crippen LogP contribution is 2.15. The minimum atomic E-state index is -0.0926. The van der Waals surface area contributed by atoms with Crippen LogP contribution < -0.4 is 5.56 Å². The number of hydrogen-bond acceptors (Lipinski definition) is 4. The van der Waals surface area contributed by atoms with E-state index in [0.29, 0.717) is 11.9 Å². The fourth-order valence-electron chi connectivity index (χ4n) is 2.85. The average Bonchev–Trinajstić information content (AvgIpc) is 3.07. The van der Waals surface area contributed by atoms with E-state index in [1.807, 2.05) is 42.8 Å². The normalized spacial score (nSPS) is 11.2. The number of carbonyl (C=O) groups is 1. The van der Waals surface area contributed by atoms with Crippen molar-refractivity contribution in [1.82, 2.24) is 18.6 Å². The molecule has 0 aliphatic carbocycles. The summed E-state index contributed by atoms with van der Waals surface area (Å²) in [5.41, 5.74) is 2.04. The van der Waals surface area contributed by atoms with Crippen molar-refractivity contribution in [3.8, 4) is 0 Å². The molecule has 0 saturated carbocycles. The first-order valence-electron chi connectivity index (χ1n) is 8.29. The molecule has 25 heavy (non-hydrogen) atoms. The number of rotatable bonds is 6. The van der Waals surface area contributed by atoms with Gasteiger partial charge in [-0.15, -0.1) is 0 Å². The summed E-state index contributed by atoms with van der Waals surface area (Å²) in [6.45, 7) is 5.51. The zero-order chi connectivity index (χ0) is 18.0. The molecule has 132 valence electrons. The Bertz CT molecular complexity index is 954. The van der Waals surface area contributed by atoms with Crippen molar-refractivity contribution in [3.63, 3.8) is 0 Å². The van der Waals surface area contributed by atoms with Crippen LogP contribution in [0.25, 0.3) is 10.1 Å². The van der Waals surface area contributed by atoms with Crippen LogP contribution in [0, 0.1) is 13.8 Å². The summed E-state index contributed by atoms with van der Waals surface area (Å²) >= 11 is 1.34. The second-order valence-electron chi connectivity index (χ2n) is 6.25. The van der Waals surface area contributed by atoms with E-state index in [-0.39, 0.29) is 18.0 Å². The zero-order valence-corrected chi connectivity index (χ0v) is 15.5. The predicted octanol–water partition coefficient (Wildman–Crippen LogP) is 2.43. The van der Waals surface area contributed by atoms with Gasteiger partial charge < -0.3 is 4.90 Å². The molecule has 2 aromatic heterocycles. The lowest BCUT2D eigenvalue weighted by molar-refractivity contribution is -0.130. The van der Waals surface area contributed by atoms with Gasteiger partial charge in [0, 0.05) is 25.8 Å². The molecule has 0 fully saturated rings. The van der Waals surface area contributed by atoms with Gasteiger partial charge in [-0.25, -0.2) is 0 Å². The van der Waals surface area contributed by atoms with Crippen molar-refractivity contribution in [2.45, 2.75) is 33.4 Å². The van der Waals surface area contributed by atoms with Gasteiger partial charge >= 0.3 is 0 Å². The molecule has 7 heteroatoms. The number of carbonyl (C=O) groups excluding carboxylic acids is 1. The van der Waals surface area contributed by atoms with E-state index in [9.17, 15) is 9.59 Å². The van der Waals surface area contributed by atoms with Crippen LogP contribution in [0.15, 0.2) is 35.1 Å². The van der Waals surface area contributed by atoms with Gasteiger partial charge in [-0.3, -0.25) is 18.2 Å². The first-order valence-corrected chi connectivity index (χ1v) is 9.07. The molecule has 1 aromatic carbocycles. The molecule has 0 aliphatic heterocycles. The van der Waals surface area contributed by atoms with Crippen molar-refractivity contribution < 1.29 is 4.79 Å². The van der Waals surface area contributed by atoms with Crippen LogP contribution in [0.4, 0.5) is 0 Å². The van der Waals surface area contributed by atoms with Crippen LogP contribution in [0.1, 0.15) is 17.8 Å². The number of hydrogen-bond donors (Lipinski definition) is 0. The van der Waals surface area contributed by atoms with Crippen LogP contribution >= 0.6 is 11.5 Å². The Morgan fingerprint density at radius 1 is 1.28 bits per heavy atom. The van der Waals surface area contributed by atoms with Gasteiger partial charge in [0.15, 0.2) is 0 Å². The van der Waals surface area contributed by atoms with Crippen molar-refractivity contribution in [1.29, 1.82) is 0 Å². The first-order chi connectivity index (χ1) is 12.0. The van der Waals surface area contributed by atoms with Gasteiger partial charge in [0.2, 0.25) is 5.91 Å². The number of benzene rings is 1. The van der Waals surface area contributed by atoms with Gasteiger partial charge in [-0.05, 0) is 38.5 Å². The van der Waals surface area contributed by atoms with E-state index in [0.717, 1.165) is 29.1 Å². The maximum Gasteiger partial charge on any atom is 0.268 e. The van der Waals surface area contributed by atoms with Crippen LogP contribution in [0.2, 0.25) is 0 Å². The molecule has 0 unspecified atom stereocenters. The molecule has 0 atom stereocenters. The quantitative estimate of drug-likeness (QED) is 0.680. The van der Waals surface area contributed by atoms with E-state index >= 15 is 0 Å². The summed E-state index contributed by atoms with van der Waals surface area (Å²) in [5.74, 6) is -0.0537. The molecule has 1 amide bonds. The molecule has 6 nitrogen and oxygen atoms in total. The topological polar surface area (TPSA) is 60.1 Å². The van der Waals surface area contributed by atoms with Crippen molar-refractivity contribution in [2.75, 3.05) is 13.6 Å². The Hall–Kier alpha value is -2.41. The van der Waals surface area contributed by atoms with E-state index in [1.54, 1.807) is 18.0 Å². The largest absolute Gasteiger partial charge is 0.344 e. The van der Waals surface area contributed by atoms with Gasteiger partial charge in [0.25, 0.3) is 5.56 Å². The first kappa shape index (κ1) is 17.4. The molecule has 3 rings (SSSR count). The lowest BCUT2D eigenvalue weighted by atomic mass is 10.3. The van der Waals surface area contributed by atoms with Gasteiger partial charge in [-0.1, -0.05) is 23.7 Å². The van der Waals surface area contributed by atoms with Crippen molar-refractivity contribution in [2.24, 2.45) is 0 Å². The number of likely N-dealkylation sites (N-methyl/N-ethyl adjacent to an activating group) is 1. The van der Waals surface area contributed by atoms with E-state index < -0.39 is 0 Å². The molecule has 0 aliphatic rings. The highest BCUT2D eigenvalue weighted by molar-refractivity contribution is 7.13. The smallest absolute Gasteiger partial charge is 0.268 e. The molecule has 0 bridgehead atoms. The molecule has 2 heterocycles. The molecule has 0 saturated heterocycles. The Kier molecular flexibility index (Phi) is 5.03. The van der Waals surface area contributed by atoms with Crippen LogP contribution in [0.3, 0.4) is 0 Å². The maximum atomic E-state index is 12.4. The van der Waals surface area contributed by atoms with Crippen molar-refractivity contribution >= 4 is 27.5 Å². The Morgan fingerprint density at radius 3 is 2.72 bits per heavy atom. The molecular weight excluding hydrogens is 336 g/mol. The zero-order valence-electron chi connectivity index (χ0n) is 14.7. The number of fused-ring (bicyclic) bond motifs is 1. The van der Waals surface area contributed by atoms with Gasteiger partial charge in [0.05, 0.1) is 15.8 Å².